The van der Waals surface area contributed by atoms with Crippen LogP contribution in [0.15, 0.2) is 30.3 Å². The molecule has 7 heteroatoms. The fourth-order valence-corrected chi connectivity index (χ4v) is 2.35. The monoisotopic (exact) mass is 352 g/mol. The molecular formula is C18H28N2O5. The number of rotatable bonds is 5. The number of carbonyl (C=O) groups is 1. The van der Waals surface area contributed by atoms with E-state index in [2.05, 4.69) is 10.2 Å². The van der Waals surface area contributed by atoms with Crippen molar-refractivity contribution < 1.29 is 23.7 Å². The van der Waals surface area contributed by atoms with Gasteiger partial charge in [0.1, 0.15) is 6.61 Å². The van der Waals surface area contributed by atoms with Gasteiger partial charge in [-0.1, -0.05) is 30.3 Å². The molecule has 1 aromatic carbocycles. The number of amides is 1. The summed E-state index contributed by atoms with van der Waals surface area (Å²) < 4.78 is 21.6. The molecule has 1 fully saturated rings. The molecule has 1 heterocycles. The predicted octanol–water partition coefficient (Wildman–Crippen LogP) is 1.28. The molecule has 2 rings (SSSR count). The van der Waals surface area contributed by atoms with E-state index in [0.717, 1.165) is 25.2 Å². The molecule has 1 saturated heterocycles. The number of ether oxygens (including phenoxy) is 4. The van der Waals surface area contributed by atoms with Crippen molar-refractivity contribution in [2.24, 2.45) is 0 Å². The Hall–Kier alpha value is -1.67. The number of carbonyl (C=O) groups excluding carboxylic acids is 1. The summed E-state index contributed by atoms with van der Waals surface area (Å²) in [5.74, 6) is 0. The molecule has 7 nitrogen and oxygen atoms in total. The maximum Gasteiger partial charge on any atom is 0.407 e. The number of alkyl carbamates (subject to hydrolysis) is 1. The molecule has 1 aliphatic rings. The van der Waals surface area contributed by atoms with Crippen molar-refractivity contribution in [3.05, 3.63) is 35.9 Å². The van der Waals surface area contributed by atoms with Crippen LogP contribution in [0.2, 0.25) is 0 Å². The third kappa shape index (κ3) is 9.40. The van der Waals surface area contributed by atoms with E-state index in [1.165, 1.54) is 0 Å². The number of nitrogens with one attached hydrogen (secondary N) is 1. The Labute approximate surface area is 149 Å². The van der Waals surface area contributed by atoms with E-state index in [1.807, 2.05) is 30.3 Å². The van der Waals surface area contributed by atoms with Crippen molar-refractivity contribution >= 4 is 6.09 Å². The van der Waals surface area contributed by atoms with Crippen LogP contribution in [0.3, 0.4) is 0 Å². The van der Waals surface area contributed by atoms with E-state index < -0.39 is 6.09 Å². The molecule has 0 aliphatic carbocycles. The van der Waals surface area contributed by atoms with E-state index in [4.69, 9.17) is 18.9 Å². The summed E-state index contributed by atoms with van der Waals surface area (Å²) in [5.41, 5.74) is 0.971. The molecule has 0 aromatic heterocycles. The smallest absolute Gasteiger partial charge is 0.407 e. The highest BCUT2D eigenvalue weighted by Crippen LogP contribution is 2.00. The second kappa shape index (κ2) is 12.7. The summed E-state index contributed by atoms with van der Waals surface area (Å²) in [4.78, 5) is 14.0. The van der Waals surface area contributed by atoms with Crippen molar-refractivity contribution in [1.29, 1.82) is 0 Å². The zero-order valence-electron chi connectivity index (χ0n) is 14.7. The third-order valence-electron chi connectivity index (χ3n) is 3.76. The average Bonchev–Trinajstić information content (AvgIpc) is 2.63. The molecule has 0 spiro atoms. The molecule has 25 heavy (non-hydrogen) atoms. The second-order valence-corrected chi connectivity index (χ2v) is 5.67. The highest BCUT2D eigenvalue weighted by molar-refractivity contribution is 5.67. The van der Waals surface area contributed by atoms with Crippen LogP contribution in [0.4, 0.5) is 4.79 Å². The minimum absolute atomic E-state index is 0.278. The van der Waals surface area contributed by atoms with Crippen LogP contribution in [-0.4, -0.2) is 76.8 Å². The van der Waals surface area contributed by atoms with Gasteiger partial charge in [0.2, 0.25) is 0 Å². The van der Waals surface area contributed by atoms with Gasteiger partial charge in [-0.3, -0.25) is 4.90 Å². The van der Waals surface area contributed by atoms with Gasteiger partial charge in [0.15, 0.2) is 0 Å². The van der Waals surface area contributed by atoms with Crippen LogP contribution >= 0.6 is 0 Å². The Morgan fingerprint density at radius 2 is 1.56 bits per heavy atom. The fourth-order valence-electron chi connectivity index (χ4n) is 2.35. The van der Waals surface area contributed by atoms with Gasteiger partial charge in [0.25, 0.3) is 0 Å². The van der Waals surface area contributed by atoms with Gasteiger partial charge in [-0.25, -0.2) is 4.79 Å². The van der Waals surface area contributed by atoms with Crippen LogP contribution in [0, 0.1) is 0 Å². The molecule has 0 saturated carbocycles. The number of hydrogen-bond acceptors (Lipinski definition) is 6. The molecule has 0 unspecified atom stereocenters. The lowest BCUT2D eigenvalue weighted by Crippen LogP contribution is -2.39. The van der Waals surface area contributed by atoms with Gasteiger partial charge in [-0.05, 0) is 5.56 Å². The first-order valence-corrected chi connectivity index (χ1v) is 8.75. The zero-order chi connectivity index (χ0) is 17.6. The molecule has 1 aromatic rings. The van der Waals surface area contributed by atoms with Crippen molar-refractivity contribution in [2.75, 3.05) is 65.8 Å². The normalized spacial score (nSPS) is 17.9. The Balaban J connectivity index is 1.61. The van der Waals surface area contributed by atoms with Gasteiger partial charge in [-0.15, -0.1) is 0 Å². The first-order valence-electron chi connectivity index (χ1n) is 8.75. The van der Waals surface area contributed by atoms with Crippen molar-refractivity contribution in [2.45, 2.75) is 6.61 Å². The van der Waals surface area contributed by atoms with Gasteiger partial charge in [-0.2, -0.15) is 0 Å². The van der Waals surface area contributed by atoms with Crippen LogP contribution in [0.5, 0.6) is 0 Å². The molecule has 0 bridgehead atoms. The van der Waals surface area contributed by atoms with Gasteiger partial charge < -0.3 is 24.3 Å². The molecule has 1 aliphatic heterocycles. The van der Waals surface area contributed by atoms with Gasteiger partial charge in [0, 0.05) is 26.2 Å². The van der Waals surface area contributed by atoms with Gasteiger partial charge in [0.05, 0.1) is 39.6 Å². The van der Waals surface area contributed by atoms with E-state index in [1.54, 1.807) is 0 Å². The second-order valence-electron chi connectivity index (χ2n) is 5.67. The minimum Gasteiger partial charge on any atom is -0.445 e. The molecular weight excluding hydrogens is 324 g/mol. The number of hydrogen-bond donors (Lipinski definition) is 1. The van der Waals surface area contributed by atoms with Crippen LogP contribution in [0.25, 0.3) is 0 Å². The molecule has 140 valence electrons. The van der Waals surface area contributed by atoms with E-state index in [9.17, 15) is 4.79 Å². The van der Waals surface area contributed by atoms with E-state index in [0.29, 0.717) is 46.2 Å². The molecule has 1 amide bonds. The Kier molecular flexibility index (Phi) is 9.95. The molecule has 0 radical (unpaired) electrons. The fraction of sp³-hybridized carbons (Fsp3) is 0.611. The maximum atomic E-state index is 11.7. The zero-order valence-corrected chi connectivity index (χ0v) is 14.7. The predicted molar refractivity (Wildman–Crippen MR) is 93.5 cm³/mol. The summed E-state index contributed by atoms with van der Waals surface area (Å²) in [7, 11) is 0. The Morgan fingerprint density at radius 1 is 0.960 bits per heavy atom. The molecule has 0 atom stereocenters. The van der Waals surface area contributed by atoms with Crippen molar-refractivity contribution in [1.82, 2.24) is 10.2 Å². The van der Waals surface area contributed by atoms with Crippen LogP contribution in [0.1, 0.15) is 5.56 Å². The lowest BCUT2D eigenvalue weighted by molar-refractivity contribution is -0.00565. The Bertz CT molecular complexity index is 460. The van der Waals surface area contributed by atoms with Crippen LogP contribution in [-0.2, 0) is 25.6 Å². The number of nitrogens with zero attached hydrogens (tertiary/aromatic N) is 1. The maximum absolute atomic E-state index is 11.7. The van der Waals surface area contributed by atoms with Crippen molar-refractivity contribution in [3.8, 4) is 0 Å². The van der Waals surface area contributed by atoms with Crippen LogP contribution < -0.4 is 5.32 Å². The number of benzene rings is 1. The average molecular weight is 352 g/mol. The largest absolute Gasteiger partial charge is 0.445 e. The molecule has 1 N–H and O–H groups in total. The quantitative estimate of drug-likeness (QED) is 0.861. The topological polar surface area (TPSA) is 69.3 Å². The lowest BCUT2D eigenvalue weighted by atomic mass is 10.2. The summed E-state index contributed by atoms with van der Waals surface area (Å²) in [6.07, 6.45) is -0.400. The van der Waals surface area contributed by atoms with E-state index >= 15 is 0 Å². The SMILES string of the molecule is O=C(NCCN1CCOCCOCCOCC1)OCc1ccccc1. The lowest BCUT2D eigenvalue weighted by Gasteiger charge is -2.23. The highest BCUT2D eigenvalue weighted by Gasteiger charge is 2.08. The van der Waals surface area contributed by atoms with Gasteiger partial charge >= 0.3 is 6.09 Å². The first-order chi connectivity index (χ1) is 12.3. The summed E-state index contributed by atoms with van der Waals surface area (Å²) >= 11 is 0. The standard InChI is InChI=1S/C18H28N2O5/c21-18(25-16-17-4-2-1-3-5-17)19-6-7-20-8-10-22-12-14-24-15-13-23-11-9-20/h1-5H,6-16H2,(H,19,21). The highest BCUT2D eigenvalue weighted by atomic mass is 16.6. The third-order valence-corrected chi connectivity index (χ3v) is 3.76. The first kappa shape index (κ1) is 19.7. The van der Waals surface area contributed by atoms with Crippen molar-refractivity contribution in [3.63, 3.8) is 0 Å². The summed E-state index contributed by atoms with van der Waals surface area (Å²) in [5, 5.41) is 2.78. The van der Waals surface area contributed by atoms with E-state index in [-0.39, 0.29) is 6.61 Å². The summed E-state index contributed by atoms with van der Waals surface area (Å²) in [6, 6.07) is 9.62. The minimum atomic E-state index is -0.400. The summed E-state index contributed by atoms with van der Waals surface area (Å²) in [6.45, 7) is 6.78. The Morgan fingerprint density at radius 3 is 2.20 bits per heavy atom.